The third kappa shape index (κ3) is 2.50. The van der Waals surface area contributed by atoms with Gasteiger partial charge in [-0.3, -0.25) is 9.36 Å². The molecule has 1 aromatic heterocycles. The summed E-state index contributed by atoms with van der Waals surface area (Å²) in [5.41, 5.74) is 6.92. The zero-order valence-corrected chi connectivity index (χ0v) is 10.9. The lowest BCUT2D eigenvalue weighted by molar-refractivity contribution is 0.171. The summed E-state index contributed by atoms with van der Waals surface area (Å²) < 4.78 is 12.5. The molecule has 0 fully saturated rings. The highest BCUT2D eigenvalue weighted by Crippen LogP contribution is 2.32. The molecule has 2 N–H and O–H groups in total. The molecular formula is C14H15N3O3. The fourth-order valence-corrected chi connectivity index (χ4v) is 2.12. The first-order valence-electron chi connectivity index (χ1n) is 6.39. The minimum atomic E-state index is -0.312. The number of hydrogen-bond donors (Lipinski definition) is 1. The van der Waals surface area contributed by atoms with E-state index in [0.29, 0.717) is 25.5 Å². The van der Waals surface area contributed by atoms with Crippen molar-refractivity contribution < 1.29 is 9.47 Å². The van der Waals surface area contributed by atoms with E-state index in [-0.39, 0.29) is 11.6 Å². The van der Waals surface area contributed by atoms with E-state index in [4.69, 9.17) is 15.2 Å². The van der Waals surface area contributed by atoms with E-state index < -0.39 is 0 Å². The van der Waals surface area contributed by atoms with Crippen LogP contribution in [0.15, 0.2) is 41.6 Å². The van der Waals surface area contributed by atoms with Gasteiger partial charge in [0.05, 0.1) is 6.33 Å². The molecular weight excluding hydrogens is 258 g/mol. The van der Waals surface area contributed by atoms with E-state index in [1.54, 1.807) is 0 Å². The molecule has 0 aliphatic carbocycles. The molecule has 20 heavy (non-hydrogen) atoms. The van der Waals surface area contributed by atoms with Crippen molar-refractivity contribution in [3.05, 3.63) is 52.7 Å². The SMILES string of the molecule is NC(Cn1cnccc1=O)c1ccc2c(c1)OCCO2. The van der Waals surface area contributed by atoms with Crippen molar-refractivity contribution in [1.29, 1.82) is 0 Å². The van der Waals surface area contributed by atoms with Gasteiger partial charge in [-0.1, -0.05) is 6.07 Å². The third-order valence-corrected chi connectivity index (χ3v) is 3.18. The van der Waals surface area contributed by atoms with Crippen LogP contribution in [0.4, 0.5) is 0 Å². The largest absolute Gasteiger partial charge is 0.486 e. The molecule has 0 bridgehead atoms. The van der Waals surface area contributed by atoms with Gasteiger partial charge in [0.15, 0.2) is 11.5 Å². The molecule has 2 heterocycles. The predicted octanol–water partition coefficient (Wildman–Crippen LogP) is 0.714. The Labute approximate surface area is 115 Å². The standard InChI is InChI=1S/C14H15N3O3/c15-11(8-17-9-16-4-3-14(17)18)10-1-2-12-13(7-10)20-6-5-19-12/h1-4,7,9,11H,5-6,8,15H2. The molecule has 104 valence electrons. The molecule has 2 aromatic rings. The Morgan fingerprint density at radius 3 is 2.85 bits per heavy atom. The number of hydrogen-bond acceptors (Lipinski definition) is 5. The van der Waals surface area contributed by atoms with Crippen LogP contribution in [0.3, 0.4) is 0 Å². The number of nitrogens with two attached hydrogens (primary N) is 1. The van der Waals surface area contributed by atoms with E-state index in [1.165, 1.54) is 23.2 Å². The third-order valence-electron chi connectivity index (χ3n) is 3.18. The molecule has 1 atom stereocenters. The van der Waals surface area contributed by atoms with Crippen molar-refractivity contribution in [2.75, 3.05) is 13.2 Å². The molecule has 0 saturated carbocycles. The van der Waals surface area contributed by atoms with Gasteiger partial charge in [0.2, 0.25) is 0 Å². The van der Waals surface area contributed by atoms with Crippen molar-refractivity contribution in [2.45, 2.75) is 12.6 Å². The number of nitrogens with zero attached hydrogens (tertiary/aromatic N) is 2. The summed E-state index contributed by atoms with van der Waals surface area (Å²) in [6.45, 7) is 1.46. The van der Waals surface area contributed by atoms with Gasteiger partial charge in [0.1, 0.15) is 13.2 Å². The monoisotopic (exact) mass is 273 g/mol. The van der Waals surface area contributed by atoms with Crippen LogP contribution in [0.1, 0.15) is 11.6 Å². The maximum atomic E-state index is 11.6. The van der Waals surface area contributed by atoms with E-state index in [1.807, 2.05) is 18.2 Å². The van der Waals surface area contributed by atoms with Crippen LogP contribution in [-0.4, -0.2) is 22.8 Å². The second-order valence-corrected chi connectivity index (χ2v) is 4.58. The highest BCUT2D eigenvalue weighted by atomic mass is 16.6. The molecule has 1 aliphatic heterocycles. The Hall–Kier alpha value is -2.34. The summed E-state index contributed by atoms with van der Waals surface area (Å²) in [7, 11) is 0. The van der Waals surface area contributed by atoms with Crippen LogP contribution >= 0.6 is 0 Å². The minimum Gasteiger partial charge on any atom is -0.486 e. The number of rotatable bonds is 3. The van der Waals surface area contributed by atoms with Gasteiger partial charge >= 0.3 is 0 Å². The van der Waals surface area contributed by atoms with Gasteiger partial charge in [-0.25, -0.2) is 4.98 Å². The van der Waals surface area contributed by atoms with Gasteiger partial charge in [0.25, 0.3) is 5.56 Å². The van der Waals surface area contributed by atoms with Crippen LogP contribution in [0.5, 0.6) is 11.5 Å². The minimum absolute atomic E-state index is 0.118. The summed E-state index contributed by atoms with van der Waals surface area (Å²) in [5, 5.41) is 0. The van der Waals surface area contributed by atoms with Gasteiger partial charge in [0, 0.05) is 24.8 Å². The van der Waals surface area contributed by atoms with Crippen molar-refractivity contribution in [3.8, 4) is 11.5 Å². The fourth-order valence-electron chi connectivity index (χ4n) is 2.12. The first-order chi connectivity index (χ1) is 9.74. The molecule has 1 aromatic carbocycles. The molecule has 0 amide bonds. The van der Waals surface area contributed by atoms with Gasteiger partial charge in [-0.15, -0.1) is 0 Å². The van der Waals surface area contributed by atoms with Crippen LogP contribution < -0.4 is 20.8 Å². The molecule has 1 aliphatic rings. The van der Waals surface area contributed by atoms with Crippen molar-refractivity contribution in [3.63, 3.8) is 0 Å². The van der Waals surface area contributed by atoms with Crippen LogP contribution in [-0.2, 0) is 6.54 Å². The van der Waals surface area contributed by atoms with Crippen molar-refractivity contribution in [1.82, 2.24) is 9.55 Å². The number of fused-ring (bicyclic) bond motifs is 1. The molecule has 6 heteroatoms. The van der Waals surface area contributed by atoms with Crippen LogP contribution in [0.2, 0.25) is 0 Å². The lowest BCUT2D eigenvalue weighted by Gasteiger charge is -2.20. The number of ether oxygens (including phenoxy) is 2. The van der Waals surface area contributed by atoms with E-state index in [2.05, 4.69) is 4.98 Å². The Morgan fingerprint density at radius 2 is 2.05 bits per heavy atom. The molecule has 0 saturated heterocycles. The van der Waals surface area contributed by atoms with E-state index in [0.717, 1.165) is 11.3 Å². The Bertz CT molecular complexity index is 669. The predicted molar refractivity (Wildman–Crippen MR) is 72.9 cm³/mol. The molecule has 0 radical (unpaired) electrons. The van der Waals surface area contributed by atoms with Crippen molar-refractivity contribution >= 4 is 0 Å². The van der Waals surface area contributed by atoms with Crippen molar-refractivity contribution in [2.24, 2.45) is 5.73 Å². The summed E-state index contributed by atoms with van der Waals surface area (Å²) in [6.07, 6.45) is 2.95. The maximum Gasteiger partial charge on any atom is 0.253 e. The average Bonchev–Trinajstić information content (AvgIpc) is 2.49. The zero-order chi connectivity index (χ0) is 13.9. The van der Waals surface area contributed by atoms with Gasteiger partial charge in [-0.05, 0) is 17.7 Å². The first-order valence-corrected chi connectivity index (χ1v) is 6.39. The smallest absolute Gasteiger partial charge is 0.253 e. The summed E-state index contributed by atoms with van der Waals surface area (Å²) in [5.74, 6) is 1.42. The average molecular weight is 273 g/mol. The number of aromatic nitrogens is 2. The summed E-state index contributed by atoms with van der Waals surface area (Å²) in [6, 6.07) is 6.69. The molecule has 1 unspecified atom stereocenters. The van der Waals surface area contributed by atoms with Crippen LogP contribution in [0.25, 0.3) is 0 Å². The molecule has 3 rings (SSSR count). The Morgan fingerprint density at radius 1 is 1.25 bits per heavy atom. The second kappa shape index (κ2) is 5.34. The lowest BCUT2D eigenvalue weighted by atomic mass is 10.1. The topological polar surface area (TPSA) is 79.4 Å². The molecule has 6 nitrogen and oxygen atoms in total. The number of benzene rings is 1. The first kappa shape index (κ1) is 12.7. The Kier molecular flexibility index (Phi) is 3.39. The van der Waals surface area contributed by atoms with Gasteiger partial charge < -0.3 is 15.2 Å². The normalized spacial score (nSPS) is 14.8. The lowest BCUT2D eigenvalue weighted by Crippen LogP contribution is -2.26. The fraction of sp³-hybridized carbons (Fsp3) is 0.286. The second-order valence-electron chi connectivity index (χ2n) is 4.58. The Balaban J connectivity index is 1.82. The van der Waals surface area contributed by atoms with Gasteiger partial charge in [-0.2, -0.15) is 0 Å². The zero-order valence-electron chi connectivity index (χ0n) is 10.9. The van der Waals surface area contributed by atoms with Crippen LogP contribution in [0, 0.1) is 0 Å². The van der Waals surface area contributed by atoms with E-state index in [9.17, 15) is 4.79 Å². The highest BCUT2D eigenvalue weighted by molar-refractivity contribution is 5.44. The van der Waals surface area contributed by atoms with E-state index >= 15 is 0 Å². The summed E-state index contributed by atoms with van der Waals surface area (Å²) >= 11 is 0. The maximum absolute atomic E-state index is 11.6. The highest BCUT2D eigenvalue weighted by Gasteiger charge is 2.15. The quantitative estimate of drug-likeness (QED) is 0.891. The molecule has 0 spiro atoms. The summed E-state index contributed by atoms with van der Waals surface area (Å²) in [4.78, 5) is 15.6.